The van der Waals surface area contributed by atoms with Gasteiger partial charge in [-0.25, -0.2) is 19.0 Å². The third-order valence-corrected chi connectivity index (χ3v) is 5.95. The van der Waals surface area contributed by atoms with Crippen molar-refractivity contribution in [2.75, 3.05) is 25.6 Å². The number of likely N-dealkylation sites (tertiary alicyclic amines) is 1. The Balaban J connectivity index is 1.91. The molecule has 0 atom stereocenters. The zero-order valence-corrected chi connectivity index (χ0v) is 13.2. The maximum absolute atomic E-state index is 12.7. The Morgan fingerprint density at radius 3 is 2.81 bits per heavy atom. The monoisotopic (exact) mass is 330 g/mol. The molecule has 116 valence electrons. The highest BCUT2D eigenvalue weighted by atomic mass is 32.2. The standard InChI is InChI=1S/C11H18N6O2S2/c1-16-4-2-8(3-5-16)15-21(18,19)10-9(14-12)13-11-17(10)6-7-20-11/h6-8,14-15H,2-5,12H2,1H3. The van der Waals surface area contributed by atoms with Crippen LogP contribution in [0.25, 0.3) is 4.96 Å². The fraction of sp³-hybridized carbons (Fsp3) is 0.545. The second kappa shape index (κ2) is 5.54. The lowest BCUT2D eigenvalue weighted by Crippen LogP contribution is -2.43. The van der Waals surface area contributed by atoms with Gasteiger partial charge in [-0.2, -0.15) is 4.98 Å². The Bertz CT molecular complexity index is 729. The van der Waals surface area contributed by atoms with Crippen LogP contribution in [-0.4, -0.2) is 48.9 Å². The average Bonchev–Trinajstić information content (AvgIpc) is 3.00. The predicted molar refractivity (Wildman–Crippen MR) is 81.7 cm³/mol. The SMILES string of the molecule is CN1CCC(NS(=O)(=O)c2c(NN)nc3sccn23)CC1. The van der Waals surface area contributed by atoms with Crippen LogP contribution < -0.4 is 16.0 Å². The topological polar surface area (TPSA) is 105 Å². The smallest absolute Gasteiger partial charge is 0.260 e. The molecule has 1 saturated heterocycles. The highest BCUT2D eigenvalue weighted by molar-refractivity contribution is 7.89. The molecule has 0 aliphatic carbocycles. The minimum atomic E-state index is -3.68. The van der Waals surface area contributed by atoms with Crippen LogP contribution in [0.15, 0.2) is 16.6 Å². The van der Waals surface area contributed by atoms with Crippen LogP contribution in [-0.2, 0) is 10.0 Å². The second-order valence-corrected chi connectivity index (χ2v) is 7.67. The Morgan fingerprint density at radius 1 is 1.43 bits per heavy atom. The molecule has 1 aliphatic heterocycles. The van der Waals surface area contributed by atoms with E-state index in [1.165, 1.54) is 15.7 Å². The second-order valence-electron chi connectivity index (χ2n) is 5.16. The van der Waals surface area contributed by atoms with Gasteiger partial charge in [-0.3, -0.25) is 4.40 Å². The van der Waals surface area contributed by atoms with Crippen molar-refractivity contribution in [1.82, 2.24) is 19.0 Å². The first-order chi connectivity index (χ1) is 10.0. The maximum atomic E-state index is 12.7. The summed E-state index contributed by atoms with van der Waals surface area (Å²) in [6, 6.07) is -0.0546. The lowest BCUT2D eigenvalue weighted by molar-refractivity contribution is 0.248. The van der Waals surface area contributed by atoms with Crippen molar-refractivity contribution in [3.05, 3.63) is 11.6 Å². The van der Waals surface area contributed by atoms with Crippen LogP contribution in [0.1, 0.15) is 12.8 Å². The van der Waals surface area contributed by atoms with Crippen molar-refractivity contribution >= 4 is 32.1 Å². The fourth-order valence-electron chi connectivity index (χ4n) is 2.52. The summed E-state index contributed by atoms with van der Waals surface area (Å²) in [5, 5.41) is 1.86. The van der Waals surface area contributed by atoms with Gasteiger partial charge in [-0.05, 0) is 33.0 Å². The summed E-state index contributed by atoms with van der Waals surface area (Å²) in [5.74, 6) is 5.57. The van der Waals surface area contributed by atoms with E-state index in [2.05, 4.69) is 20.0 Å². The van der Waals surface area contributed by atoms with Crippen molar-refractivity contribution in [1.29, 1.82) is 0 Å². The molecule has 21 heavy (non-hydrogen) atoms. The number of nitrogens with two attached hydrogens (primary N) is 1. The number of piperidine rings is 1. The molecule has 0 unspecified atom stereocenters. The van der Waals surface area contributed by atoms with E-state index in [0.29, 0.717) is 4.96 Å². The third kappa shape index (κ3) is 2.77. The number of anilines is 1. The maximum Gasteiger partial charge on any atom is 0.260 e. The van der Waals surface area contributed by atoms with Gasteiger partial charge in [0.15, 0.2) is 10.8 Å². The fourth-order valence-corrected chi connectivity index (χ4v) is 4.84. The molecule has 1 aliphatic rings. The summed E-state index contributed by atoms with van der Waals surface area (Å²) in [4.78, 5) is 6.96. The minimum Gasteiger partial charge on any atom is -0.306 e. The van der Waals surface area contributed by atoms with E-state index in [9.17, 15) is 8.42 Å². The lowest BCUT2D eigenvalue weighted by atomic mass is 10.1. The number of fused-ring (bicyclic) bond motifs is 1. The van der Waals surface area contributed by atoms with Gasteiger partial charge < -0.3 is 10.3 Å². The number of hydrogen-bond donors (Lipinski definition) is 3. The first-order valence-corrected chi connectivity index (χ1v) is 9.00. The number of rotatable bonds is 4. The molecular weight excluding hydrogens is 312 g/mol. The predicted octanol–water partition coefficient (Wildman–Crippen LogP) is 0.0539. The number of hydrogen-bond acceptors (Lipinski definition) is 7. The van der Waals surface area contributed by atoms with Crippen molar-refractivity contribution in [3.63, 3.8) is 0 Å². The van der Waals surface area contributed by atoms with Gasteiger partial charge in [0.1, 0.15) is 0 Å². The van der Waals surface area contributed by atoms with Gasteiger partial charge in [0, 0.05) is 17.6 Å². The van der Waals surface area contributed by atoms with E-state index >= 15 is 0 Å². The van der Waals surface area contributed by atoms with Crippen molar-refractivity contribution in [2.24, 2.45) is 5.84 Å². The molecule has 0 saturated carbocycles. The molecule has 10 heteroatoms. The van der Waals surface area contributed by atoms with Crippen molar-refractivity contribution in [3.8, 4) is 0 Å². The molecule has 4 N–H and O–H groups in total. The number of thiazole rings is 1. The minimum absolute atomic E-state index is 0.0546. The molecule has 8 nitrogen and oxygen atoms in total. The highest BCUT2D eigenvalue weighted by Gasteiger charge is 2.29. The summed E-state index contributed by atoms with van der Waals surface area (Å²) in [6.07, 6.45) is 3.27. The van der Waals surface area contributed by atoms with E-state index < -0.39 is 10.0 Å². The van der Waals surface area contributed by atoms with Crippen molar-refractivity contribution < 1.29 is 8.42 Å². The number of sulfonamides is 1. The van der Waals surface area contributed by atoms with E-state index in [-0.39, 0.29) is 16.9 Å². The van der Waals surface area contributed by atoms with Gasteiger partial charge in [0.05, 0.1) is 0 Å². The third-order valence-electron chi connectivity index (χ3n) is 3.65. The number of nitrogen functional groups attached to an aromatic ring is 1. The largest absolute Gasteiger partial charge is 0.306 e. The van der Waals surface area contributed by atoms with E-state index in [4.69, 9.17) is 5.84 Å². The average molecular weight is 330 g/mol. The van der Waals surface area contributed by atoms with Crippen LogP contribution in [0.5, 0.6) is 0 Å². The zero-order valence-electron chi connectivity index (χ0n) is 11.6. The first kappa shape index (κ1) is 14.7. The van der Waals surface area contributed by atoms with E-state index in [0.717, 1.165) is 25.9 Å². The Morgan fingerprint density at radius 2 is 2.14 bits per heavy atom. The molecule has 0 aromatic carbocycles. The van der Waals surface area contributed by atoms with Gasteiger partial charge in [-0.15, -0.1) is 11.3 Å². The Hall–Kier alpha value is -1.20. The van der Waals surface area contributed by atoms with Gasteiger partial charge in [0.25, 0.3) is 10.0 Å². The summed E-state index contributed by atoms with van der Waals surface area (Å²) >= 11 is 1.36. The number of imidazole rings is 1. The molecule has 0 amide bonds. The molecule has 3 rings (SSSR count). The Kier molecular flexibility index (Phi) is 3.88. The molecule has 2 aromatic heterocycles. The van der Waals surface area contributed by atoms with E-state index in [1.54, 1.807) is 11.6 Å². The lowest BCUT2D eigenvalue weighted by Gasteiger charge is -2.29. The molecule has 3 heterocycles. The molecule has 0 radical (unpaired) electrons. The van der Waals surface area contributed by atoms with Gasteiger partial charge in [0.2, 0.25) is 5.03 Å². The zero-order chi connectivity index (χ0) is 15.0. The molecule has 0 spiro atoms. The summed E-state index contributed by atoms with van der Waals surface area (Å²) < 4.78 is 29.6. The summed E-state index contributed by atoms with van der Waals surface area (Å²) in [7, 11) is -1.64. The van der Waals surface area contributed by atoms with Crippen LogP contribution in [0.2, 0.25) is 0 Å². The number of nitrogens with zero attached hydrogens (tertiary/aromatic N) is 3. The highest BCUT2D eigenvalue weighted by Crippen LogP contribution is 2.25. The number of nitrogens with one attached hydrogen (secondary N) is 2. The summed E-state index contributed by atoms with van der Waals surface area (Å²) in [6.45, 7) is 1.77. The first-order valence-electron chi connectivity index (χ1n) is 6.64. The van der Waals surface area contributed by atoms with Crippen LogP contribution in [0.4, 0.5) is 5.82 Å². The molecular formula is C11H18N6O2S2. The normalized spacial score (nSPS) is 18.4. The Labute approximate surface area is 127 Å². The molecule has 2 aromatic rings. The van der Waals surface area contributed by atoms with Gasteiger partial charge in [-0.1, -0.05) is 0 Å². The quantitative estimate of drug-likeness (QED) is 0.541. The molecule has 1 fully saturated rings. The van der Waals surface area contributed by atoms with Crippen LogP contribution >= 0.6 is 11.3 Å². The van der Waals surface area contributed by atoms with Gasteiger partial charge >= 0.3 is 0 Å². The van der Waals surface area contributed by atoms with E-state index in [1.807, 2.05) is 7.05 Å². The number of aromatic nitrogens is 2. The molecule has 0 bridgehead atoms. The summed E-state index contributed by atoms with van der Waals surface area (Å²) in [5.41, 5.74) is 2.37. The number of hydrazine groups is 1. The van der Waals surface area contributed by atoms with Crippen LogP contribution in [0, 0.1) is 0 Å². The van der Waals surface area contributed by atoms with Crippen molar-refractivity contribution in [2.45, 2.75) is 23.9 Å². The van der Waals surface area contributed by atoms with Crippen LogP contribution in [0.3, 0.4) is 0 Å².